The third-order valence-corrected chi connectivity index (χ3v) is 11.2. The van der Waals surface area contributed by atoms with Crippen LogP contribution in [-0.2, 0) is 9.53 Å². The number of ether oxygens (including phenoxy) is 1. The minimum Gasteiger partial charge on any atom is -0.462 e. The van der Waals surface area contributed by atoms with Crippen LogP contribution in [0.4, 0.5) is 0 Å². The molecule has 0 N–H and O–H groups in total. The van der Waals surface area contributed by atoms with Gasteiger partial charge in [0.05, 0.1) is 6.61 Å². The average molecular weight is 675 g/mol. The Labute approximate surface area is 304 Å². The van der Waals surface area contributed by atoms with Crippen LogP contribution < -0.4 is 0 Å². The SMILES string of the molecule is C=C(C)C(=O)OCC(CCC(C)CCCCCCCCCCCCCCCCC)C(C)CCCCCCCCCCCCCCCCC. The molecule has 2 heteroatoms. The second kappa shape index (κ2) is 37.5. The number of unbranched alkanes of at least 4 members (excludes halogenated alkanes) is 28. The van der Waals surface area contributed by atoms with Crippen LogP contribution >= 0.6 is 0 Å². The summed E-state index contributed by atoms with van der Waals surface area (Å²) < 4.78 is 5.70. The number of hydrogen-bond donors (Lipinski definition) is 0. The van der Waals surface area contributed by atoms with Gasteiger partial charge < -0.3 is 4.74 Å². The van der Waals surface area contributed by atoms with Crippen LogP contribution in [0.2, 0.25) is 0 Å². The predicted molar refractivity (Wildman–Crippen MR) is 216 cm³/mol. The molecule has 0 spiro atoms. The van der Waals surface area contributed by atoms with Gasteiger partial charge in [0, 0.05) is 5.57 Å². The van der Waals surface area contributed by atoms with Crippen molar-refractivity contribution in [3.8, 4) is 0 Å². The molecule has 0 rings (SSSR count). The van der Waals surface area contributed by atoms with Crippen molar-refractivity contribution in [3.63, 3.8) is 0 Å². The third-order valence-electron chi connectivity index (χ3n) is 11.2. The normalized spacial score (nSPS) is 13.4. The summed E-state index contributed by atoms with van der Waals surface area (Å²) in [4.78, 5) is 12.2. The molecule has 0 saturated heterocycles. The number of rotatable bonds is 39. The Bertz CT molecular complexity index is 669. The highest BCUT2D eigenvalue weighted by Crippen LogP contribution is 2.28. The number of carbonyl (C=O) groups is 1. The molecule has 0 heterocycles. The lowest BCUT2D eigenvalue weighted by Crippen LogP contribution is -2.21. The highest BCUT2D eigenvalue weighted by atomic mass is 16.5. The van der Waals surface area contributed by atoms with Gasteiger partial charge in [0.15, 0.2) is 0 Å². The van der Waals surface area contributed by atoms with Crippen molar-refractivity contribution in [2.45, 2.75) is 253 Å². The van der Waals surface area contributed by atoms with Crippen LogP contribution in [-0.4, -0.2) is 12.6 Å². The molecule has 3 atom stereocenters. The third kappa shape index (κ3) is 33.7. The van der Waals surface area contributed by atoms with E-state index >= 15 is 0 Å². The van der Waals surface area contributed by atoms with E-state index in [1.54, 1.807) is 6.92 Å². The Morgan fingerprint density at radius 2 is 0.771 bits per heavy atom. The van der Waals surface area contributed by atoms with Crippen LogP contribution in [0.15, 0.2) is 12.2 Å². The van der Waals surface area contributed by atoms with Crippen LogP contribution in [0.3, 0.4) is 0 Å². The maximum absolute atomic E-state index is 12.2. The molecule has 0 saturated carbocycles. The zero-order valence-corrected chi connectivity index (χ0v) is 34.0. The van der Waals surface area contributed by atoms with E-state index in [4.69, 9.17) is 4.74 Å². The van der Waals surface area contributed by atoms with Gasteiger partial charge in [0.1, 0.15) is 0 Å². The quantitative estimate of drug-likeness (QED) is 0.0368. The van der Waals surface area contributed by atoms with E-state index in [-0.39, 0.29) is 5.97 Å². The van der Waals surface area contributed by atoms with E-state index in [0.717, 1.165) is 5.92 Å². The first-order chi connectivity index (χ1) is 23.4. The Morgan fingerprint density at radius 3 is 1.10 bits per heavy atom. The summed E-state index contributed by atoms with van der Waals surface area (Å²) in [5.74, 6) is 1.64. The lowest BCUT2D eigenvalue weighted by atomic mass is 9.83. The summed E-state index contributed by atoms with van der Waals surface area (Å²) in [6.07, 6.45) is 47.7. The average Bonchev–Trinajstić information content (AvgIpc) is 3.07. The summed E-state index contributed by atoms with van der Waals surface area (Å²) in [7, 11) is 0. The van der Waals surface area contributed by atoms with Gasteiger partial charge in [-0.25, -0.2) is 4.79 Å². The number of hydrogen-bond acceptors (Lipinski definition) is 2. The van der Waals surface area contributed by atoms with Crippen molar-refractivity contribution >= 4 is 5.97 Å². The van der Waals surface area contributed by atoms with Gasteiger partial charge >= 0.3 is 5.97 Å². The maximum atomic E-state index is 12.2. The predicted octanol–water partition coefficient (Wildman–Crippen LogP) is 16.3. The summed E-state index contributed by atoms with van der Waals surface area (Å²) in [5, 5.41) is 0. The van der Waals surface area contributed by atoms with E-state index < -0.39 is 0 Å². The molecule has 0 fully saturated rings. The number of carbonyl (C=O) groups excluding carboxylic acids is 1. The molecule has 48 heavy (non-hydrogen) atoms. The molecule has 2 nitrogen and oxygen atoms in total. The van der Waals surface area contributed by atoms with Crippen LogP contribution in [0.25, 0.3) is 0 Å². The molecule has 0 aromatic rings. The van der Waals surface area contributed by atoms with Crippen LogP contribution in [0.5, 0.6) is 0 Å². The van der Waals surface area contributed by atoms with Gasteiger partial charge in [0.2, 0.25) is 0 Å². The number of esters is 1. The molecular formula is C46H90O2. The second-order valence-electron chi connectivity index (χ2n) is 16.3. The van der Waals surface area contributed by atoms with Gasteiger partial charge in [0.25, 0.3) is 0 Å². The summed E-state index contributed by atoms with van der Waals surface area (Å²) in [5.41, 5.74) is 0.519. The molecule has 3 unspecified atom stereocenters. The summed E-state index contributed by atoms with van der Waals surface area (Å²) in [6.45, 7) is 15.6. The smallest absolute Gasteiger partial charge is 0.333 e. The van der Waals surface area contributed by atoms with E-state index in [1.165, 1.54) is 218 Å². The Hall–Kier alpha value is -0.790. The Balaban J connectivity index is 3.96. The van der Waals surface area contributed by atoms with E-state index in [1.807, 2.05) is 0 Å². The monoisotopic (exact) mass is 675 g/mol. The first kappa shape index (κ1) is 47.2. The van der Waals surface area contributed by atoms with Gasteiger partial charge in [-0.15, -0.1) is 0 Å². The summed E-state index contributed by atoms with van der Waals surface area (Å²) >= 11 is 0. The van der Waals surface area contributed by atoms with Crippen LogP contribution in [0, 0.1) is 17.8 Å². The minimum absolute atomic E-state index is 0.218. The van der Waals surface area contributed by atoms with Crippen molar-refractivity contribution in [1.82, 2.24) is 0 Å². The molecular weight excluding hydrogens is 585 g/mol. The standard InChI is InChI=1S/C46H90O2/c1-7-9-11-13-15-17-19-21-23-25-27-29-31-33-35-37-43(5)39-40-45(41-48-46(47)42(3)4)44(6)38-36-34-32-30-28-26-24-22-20-18-16-14-12-10-8-2/h43-45H,3,7-41H2,1-2,4-6H3. The molecule has 0 radical (unpaired) electrons. The van der Waals surface area contributed by atoms with Crippen molar-refractivity contribution in [2.75, 3.05) is 6.61 Å². The van der Waals surface area contributed by atoms with Crippen molar-refractivity contribution in [3.05, 3.63) is 12.2 Å². The highest BCUT2D eigenvalue weighted by molar-refractivity contribution is 5.86. The Morgan fingerprint density at radius 1 is 0.458 bits per heavy atom. The highest BCUT2D eigenvalue weighted by Gasteiger charge is 2.20. The first-order valence-corrected chi connectivity index (χ1v) is 22.2. The molecule has 0 aliphatic rings. The van der Waals surface area contributed by atoms with Crippen molar-refractivity contribution in [2.24, 2.45) is 17.8 Å². The van der Waals surface area contributed by atoms with Crippen molar-refractivity contribution in [1.29, 1.82) is 0 Å². The van der Waals surface area contributed by atoms with E-state index in [2.05, 4.69) is 34.3 Å². The van der Waals surface area contributed by atoms with E-state index in [9.17, 15) is 4.79 Å². The van der Waals surface area contributed by atoms with Crippen molar-refractivity contribution < 1.29 is 9.53 Å². The minimum atomic E-state index is -0.218. The van der Waals surface area contributed by atoms with E-state index in [0.29, 0.717) is 24.0 Å². The topological polar surface area (TPSA) is 26.3 Å². The Kier molecular flexibility index (Phi) is 36.8. The first-order valence-electron chi connectivity index (χ1n) is 22.2. The fraction of sp³-hybridized carbons (Fsp3) is 0.935. The summed E-state index contributed by atoms with van der Waals surface area (Å²) in [6, 6.07) is 0. The fourth-order valence-corrected chi connectivity index (χ4v) is 7.42. The van der Waals surface area contributed by atoms with Gasteiger partial charge in [-0.1, -0.05) is 246 Å². The molecule has 0 aliphatic carbocycles. The zero-order chi connectivity index (χ0) is 35.3. The lowest BCUT2D eigenvalue weighted by Gasteiger charge is -2.25. The maximum Gasteiger partial charge on any atom is 0.333 e. The largest absolute Gasteiger partial charge is 0.462 e. The molecule has 0 amide bonds. The van der Waals surface area contributed by atoms with Gasteiger partial charge in [-0.3, -0.25) is 0 Å². The molecule has 286 valence electrons. The van der Waals surface area contributed by atoms with Gasteiger partial charge in [-0.05, 0) is 31.1 Å². The van der Waals surface area contributed by atoms with Gasteiger partial charge in [-0.2, -0.15) is 0 Å². The molecule has 0 bridgehead atoms. The second-order valence-corrected chi connectivity index (χ2v) is 16.3. The molecule has 0 aromatic heterocycles. The zero-order valence-electron chi connectivity index (χ0n) is 34.0. The molecule has 0 aromatic carbocycles. The van der Waals surface area contributed by atoms with Crippen LogP contribution in [0.1, 0.15) is 253 Å². The fourth-order valence-electron chi connectivity index (χ4n) is 7.42. The lowest BCUT2D eigenvalue weighted by molar-refractivity contribution is -0.141. The molecule has 0 aliphatic heterocycles.